The number of fused-ring (bicyclic) bond motifs is 1. The quantitative estimate of drug-likeness (QED) is 0.604. The summed E-state index contributed by atoms with van der Waals surface area (Å²) in [6.45, 7) is 3.28. The molecule has 1 aliphatic carbocycles. The lowest BCUT2D eigenvalue weighted by Crippen LogP contribution is -2.43. The number of imide groups is 1. The lowest BCUT2D eigenvalue weighted by molar-refractivity contribution is -0.143. The van der Waals surface area contributed by atoms with Crippen molar-refractivity contribution in [1.29, 1.82) is 0 Å². The van der Waals surface area contributed by atoms with Gasteiger partial charge in [0.15, 0.2) is 0 Å². The minimum Gasteiger partial charge on any atom is -0.345 e. The second kappa shape index (κ2) is 7.73. The minimum atomic E-state index is -0.528. The zero-order valence-corrected chi connectivity index (χ0v) is 15.5. The molecule has 4 amide bonds. The van der Waals surface area contributed by atoms with E-state index in [1.54, 1.807) is 6.07 Å². The van der Waals surface area contributed by atoms with Crippen molar-refractivity contribution >= 4 is 29.3 Å². The van der Waals surface area contributed by atoms with Crippen molar-refractivity contribution in [1.82, 2.24) is 10.2 Å². The van der Waals surface area contributed by atoms with Gasteiger partial charge in [0, 0.05) is 5.69 Å². The lowest BCUT2D eigenvalue weighted by Gasteiger charge is -2.15. The van der Waals surface area contributed by atoms with Gasteiger partial charge in [-0.15, -0.1) is 0 Å². The third kappa shape index (κ3) is 3.92. The van der Waals surface area contributed by atoms with E-state index in [4.69, 9.17) is 0 Å². The maximum atomic E-state index is 12.3. The second-order valence-corrected chi connectivity index (χ2v) is 6.99. The van der Waals surface area contributed by atoms with Gasteiger partial charge in [-0.2, -0.15) is 0 Å². The molecular weight excluding hydrogens is 346 g/mol. The first-order valence-electron chi connectivity index (χ1n) is 9.01. The number of hydrogen-bond donors (Lipinski definition) is 2. The first-order chi connectivity index (χ1) is 12.9. The van der Waals surface area contributed by atoms with Crippen LogP contribution in [0, 0.1) is 25.7 Å². The summed E-state index contributed by atoms with van der Waals surface area (Å²) in [5.41, 5.74) is 2.70. The fraction of sp³-hybridized carbons (Fsp3) is 0.400. The van der Waals surface area contributed by atoms with Gasteiger partial charge in [-0.3, -0.25) is 24.1 Å². The maximum absolute atomic E-state index is 12.3. The van der Waals surface area contributed by atoms with Crippen molar-refractivity contribution < 1.29 is 19.2 Å². The van der Waals surface area contributed by atoms with Gasteiger partial charge in [0.05, 0.1) is 18.4 Å². The monoisotopic (exact) mass is 369 g/mol. The van der Waals surface area contributed by atoms with E-state index < -0.39 is 5.91 Å². The number of benzene rings is 1. The summed E-state index contributed by atoms with van der Waals surface area (Å²) in [4.78, 5) is 49.9. The lowest BCUT2D eigenvalue weighted by atomic mass is 9.85. The molecule has 1 saturated heterocycles. The molecule has 1 aromatic carbocycles. The Hall–Kier alpha value is -2.96. The van der Waals surface area contributed by atoms with E-state index in [9.17, 15) is 19.2 Å². The van der Waals surface area contributed by atoms with Gasteiger partial charge in [-0.25, -0.2) is 0 Å². The number of anilines is 1. The van der Waals surface area contributed by atoms with Gasteiger partial charge < -0.3 is 10.6 Å². The van der Waals surface area contributed by atoms with Crippen molar-refractivity contribution in [2.45, 2.75) is 26.7 Å². The molecule has 7 heteroatoms. The summed E-state index contributed by atoms with van der Waals surface area (Å²) in [7, 11) is 0. The third-order valence-corrected chi connectivity index (χ3v) is 5.23. The Morgan fingerprint density at radius 2 is 1.67 bits per heavy atom. The number of nitrogens with zero attached hydrogens (tertiary/aromatic N) is 1. The van der Waals surface area contributed by atoms with Crippen LogP contribution in [0.15, 0.2) is 30.4 Å². The molecule has 0 bridgehead atoms. The first-order valence-corrected chi connectivity index (χ1v) is 9.01. The van der Waals surface area contributed by atoms with Crippen molar-refractivity contribution in [2.24, 2.45) is 11.8 Å². The Labute approximate surface area is 157 Å². The average molecular weight is 369 g/mol. The molecule has 0 spiro atoms. The largest absolute Gasteiger partial charge is 0.345 e. The van der Waals surface area contributed by atoms with Gasteiger partial charge in [0.25, 0.3) is 0 Å². The number of rotatable bonds is 5. The summed E-state index contributed by atoms with van der Waals surface area (Å²) in [6, 6.07) is 5.58. The van der Waals surface area contributed by atoms with Crippen LogP contribution in [0.2, 0.25) is 0 Å². The highest BCUT2D eigenvalue weighted by Crippen LogP contribution is 2.34. The predicted molar refractivity (Wildman–Crippen MR) is 99.6 cm³/mol. The van der Waals surface area contributed by atoms with Crippen molar-refractivity contribution in [3.8, 4) is 0 Å². The molecule has 7 nitrogen and oxygen atoms in total. The summed E-state index contributed by atoms with van der Waals surface area (Å²) in [5, 5.41) is 5.22. The van der Waals surface area contributed by atoms with Crippen LogP contribution >= 0.6 is 0 Å². The summed E-state index contributed by atoms with van der Waals surface area (Å²) in [6.07, 6.45) is 4.86. The van der Waals surface area contributed by atoms with Crippen LogP contribution in [0.5, 0.6) is 0 Å². The summed E-state index contributed by atoms with van der Waals surface area (Å²) >= 11 is 0. The van der Waals surface area contributed by atoms with E-state index >= 15 is 0 Å². The van der Waals surface area contributed by atoms with Crippen molar-refractivity contribution in [3.63, 3.8) is 0 Å². The van der Waals surface area contributed by atoms with Crippen molar-refractivity contribution in [3.05, 3.63) is 41.5 Å². The molecule has 1 heterocycles. The summed E-state index contributed by atoms with van der Waals surface area (Å²) in [5.74, 6) is -2.21. The molecule has 142 valence electrons. The average Bonchev–Trinajstić information content (AvgIpc) is 2.89. The van der Waals surface area contributed by atoms with E-state index in [-0.39, 0.29) is 42.6 Å². The van der Waals surface area contributed by atoms with Gasteiger partial charge in [0.2, 0.25) is 23.6 Å². The fourth-order valence-corrected chi connectivity index (χ4v) is 3.48. The van der Waals surface area contributed by atoms with Gasteiger partial charge >= 0.3 is 0 Å². The minimum absolute atomic E-state index is 0.225. The third-order valence-electron chi connectivity index (χ3n) is 5.23. The zero-order valence-electron chi connectivity index (χ0n) is 15.5. The van der Waals surface area contributed by atoms with Gasteiger partial charge in [-0.1, -0.05) is 24.3 Å². The number of carbonyl (C=O) groups excluding carboxylic acids is 4. The molecule has 0 radical (unpaired) electrons. The molecule has 1 aromatic rings. The number of amides is 4. The van der Waals surface area contributed by atoms with Crippen LogP contribution in [0.25, 0.3) is 0 Å². The molecule has 0 aromatic heterocycles. The highest BCUT2D eigenvalue weighted by Gasteiger charge is 2.47. The Morgan fingerprint density at radius 3 is 2.30 bits per heavy atom. The van der Waals surface area contributed by atoms with Crippen LogP contribution in [0.4, 0.5) is 5.69 Å². The molecule has 0 saturated carbocycles. The molecule has 27 heavy (non-hydrogen) atoms. The normalized spacial score (nSPS) is 21.2. The number of hydrogen-bond acceptors (Lipinski definition) is 4. The molecule has 1 fully saturated rings. The fourth-order valence-electron chi connectivity index (χ4n) is 3.48. The molecule has 0 unspecified atom stereocenters. The number of aryl methyl sites for hydroxylation is 1. The number of likely N-dealkylation sites (tertiary alicyclic amines) is 1. The van der Waals surface area contributed by atoms with Crippen LogP contribution in [-0.2, 0) is 19.2 Å². The van der Waals surface area contributed by atoms with Crippen LogP contribution < -0.4 is 10.6 Å². The Balaban J connectivity index is 1.51. The maximum Gasteiger partial charge on any atom is 0.243 e. The number of carbonyl (C=O) groups is 4. The predicted octanol–water partition coefficient (Wildman–Crippen LogP) is 1.31. The van der Waals surface area contributed by atoms with Crippen molar-refractivity contribution in [2.75, 3.05) is 18.4 Å². The van der Waals surface area contributed by atoms with E-state index in [0.717, 1.165) is 16.0 Å². The smallest absolute Gasteiger partial charge is 0.243 e. The van der Waals surface area contributed by atoms with Gasteiger partial charge in [-0.05, 0) is 43.9 Å². The molecular formula is C20H23N3O4. The number of nitrogens with one attached hydrogen (secondary N) is 2. The number of allylic oxidation sites excluding steroid dienone is 2. The van der Waals surface area contributed by atoms with E-state index in [1.165, 1.54) is 0 Å². The molecule has 2 N–H and O–H groups in total. The SMILES string of the molecule is Cc1cccc(NC(=O)CNC(=O)CN2C(=O)[C@H]3CC=CC[C@H]3C2=O)c1C. The molecule has 3 rings (SSSR count). The topological polar surface area (TPSA) is 95.6 Å². The van der Waals surface area contributed by atoms with E-state index in [1.807, 2.05) is 38.1 Å². The van der Waals surface area contributed by atoms with Crippen LogP contribution in [0.1, 0.15) is 24.0 Å². The van der Waals surface area contributed by atoms with E-state index in [2.05, 4.69) is 10.6 Å². The highest BCUT2D eigenvalue weighted by atomic mass is 16.2. The second-order valence-electron chi connectivity index (χ2n) is 6.99. The first kappa shape index (κ1) is 18.8. The van der Waals surface area contributed by atoms with E-state index in [0.29, 0.717) is 18.5 Å². The zero-order chi connectivity index (χ0) is 19.6. The molecule has 2 aliphatic rings. The van der Waals surface area contributed by atoms with Crippen LogP contribution in [0.3, 0.4) is 0 Å². The standard InChI is InChI=1S/C20H23N3O4/c1-12-6-5-9-16(13(12)2)22-17(24)10-21-18(25)11-23-19(26)14-7-3-4-8-15(14)20(23)27/h3-6,9,14-15H,7-8,10-11H2,1-2H3,(H,21,25)(H,22,24)/t14-,15+. The Bertz CT molecular complexity index is 805. The molecule has 2 atom stereocenters. The summed E-state index contributed by atoms with van der Waals surface area (Å²) < 4.78 is 0. The van der Waals surface area contributed by atoms with Gasteiger partial charge in [0.1, 0.15) is 6.54 Å². The highest BCUT2D eigenvalue weighted by molar-refractivity contribution is 6.07. The van der Waals surface area contributed by atoms with Crippen LogP contribution in [-0.4, -0.2) is 41.6 Å². The Kier molecular flexibility index (Phi) is 5.39. The molecule has 1 aliphatic heterocycles. The Morgan fingerprint density at radius 1 is 1.04 bits per heavy atom.